The number of nitrogens with one attached hydrogen (secondary N) is 1. The van der Waals surface area contributed by atoms with Gasteiger partial charge in [0.05, 0.1) is 25.0 Å². The summed E-state index contributed by atoms with van der Waals surface area (Å²) in [5, 5.41) is 7.90. The molecule has 29 heavy (non-hydrogen) atoms. The van der Waals surface area contributed by atoms with Crippen LogP contribution in [0.1, 0.15) is 17.0 Å². The summed E-state index contributed by atoms with van der Waals surface area (Å²) in [6, 6.07) is 11.0. The molecule has 2 aromatic carbocycles. The molecule has 0 unspecified atom stereocenters. The number of aryl methyl sites for hydroxylation is 2. The second kappa shape index (κ2) is 7.67. The molecule has 1 aliphatic rings. The number of benzene rings is 2. The summed E-state index contributed by atoms with van der Waals surface area (Å²) in [7, 11) is 1.58. The lowest BCUT2D eigenvalue weighted by molar-refractivity contribution is -0.121. The third-order valence-corrected chi connectivity index (χ3v) is 5.02. The van der Waals surface area contributed by atoms with E-state index in [9.17, 15) is 4.79 Å². The lowest BCUT2D eigenvalue weighted by Crippen LogP contribution is -2.38. The van der Waals surface area contributed by atoms with E-state index < -0.39 is 0 Å². The predicted octanol–water partition coefficient (Wildman–Crippen LogP) is 4.62. The molecular weight excluding hydrogens is 394 g/mol. The lowest BCUT2D eigenvalue weighted by atomic mass is 10.1. The number of hydrogen-bond acceptors (Lipinski definition) is 6. The van der Waals surface area contributed by atoms with Gasteiger partial charge in [0.25, 0.3) is 5.91 Å². The molecule has 2 heterocycles. The summed E-state index contributed by atoms with van der Waals surface area (Å²) in [4.78, 5) is 14.2. The number of ether oxygens (including phenoxy) is 2. The van der Waals surface area contributed by atoms with E-state index in [0.717, 1.165) is 16.9 Å². The number of carbonyl (C=O) groups is 1. The van der Waals surface area contributed by atoms with E-state index >= 15 is 0 Å². The van der Waals surface area contributed by atoms with Crippen molar-refractivity contribution in [1.29, 1.82) is 0 Å². The van der Waals surface area contributed by atoms with E-state index in [1.807, 2.05) is 32.0 Å². The van der Waals surface area contributed by atoms with Gasteiger partial charge in [0.15, 0.2) is 12.4 Å². The maximum Gasteiger partial charge on any atom is 0.265 e. The Morgan fingerprint density at radius 3 is 2.66 bits per heavy atom. The summed E-state index contributed by atoms with van der Waals surface area (Å²) in [6.45, 7) is 4.06. The molecule has 8 heteroatoms. The van der Waals surface area contributed by atoms with E-state index in [4.69, 9.17) is 25.6 Å². The summed E-state index contributed by atoms with van der Waals surface area (Å²) in [5.41, 5.74) is 3.82. The van der Waals surface area contributed by atoms with Crippen LogP contribution in [0.4, 0.5) is 17.1 Å². The summed E-state index contributed by atoms with van der Waals surface area (Å²) < 4.78 is 16.5. The van der Waals surface area contributed by atoms with E-state index in [1.165, 1.54) is 0 Å². The molecule has 0 aliphatic carbocycles. The van der Waals surface area contributed by atoms with E-state index in [1.54, 1.807) is 30.2 Å². The Bertz CT molecular complexity index is 1040. The Kier molecular flexibility index (Phi) is 5.07. The molecule has 1 aliphatic heterocycles. The molecule has 0 radical (unpaired) electrons. The topological polar surface area (TPSA) is 76.8 Å². The minimum absolute atomic E-state index is 0.0301. The van der Waals surface area contributed by atoms with Gasteiger partial charge < -0.3 is 24.2 Å². The van der Waals surface area contributed by atoms with Crippen molar-refractivity contribution in [3.63, 3.8) is 0 Å². The highest BCUT2D eigenvalue weighted by Gasteiger charge is 2.28. The van der Waals surface area contributed by atoms with Gasteiger partial charge in [0.1, 0.15) is 22.9 Å². The maximum atomic E-state index is 12.6. The third-order valence-electron chi connectivity index (χ3n) is 4.77. The summed E-state index contributed by atoms with van der Waals surface area (Å²) in [6.07, 6.45) is 0. The maximum absolute atomic E-state index is 12.6. The smallest absolute Gasteiger partial charge is 0.265 e. The van der Waals surface area contributed by atoms with Gasteiger partial charge in [-0.15, -0.1) is 0 Å². The van der Waals surface area contributed by atoms with Gasteiger partial charge in [0.2, 0.25) is 0 Å². The average molecular weight is 414 g/mol. The molecule has 3 aromatic rings. The van der Waals surface area contributed by atoms with Gasteiger partial charge >= 0.3 is 0 Å². The number of anilines is 3. The van der Waals surface area contributed by atoms with E-state index in [0.29, 0.717) is 40.2 Å². The minimum atomic E-state index is -0.124. The Morgan fingerprint density at radius 2 is 2.00 bits per heavy atom. The van der Waals surface area contributed by atoms with Crippen molar-refractivity contribution < 1.29 is 18.8 Å². The number of halogens is 1. The molecule has 0 saturated heterocycles. The number of nitrogens with zero attached hydrogens (tertiary/aromatic N) is 2. The largest absolute Gasteiger partial charge is 0.494 e. The zero-order valence-corrected chi connectivity index (χ0v) is 17.0. The Balaban J connectivity index is 1.70. The predicted molar refractivity (Wildman–Crippen MR) is 110 cm³/mol. The monoisotopic (exact) mass is 413 g/mol. The van der Waals surface area contributed by atoms with Crippen molar-refractivity contribution in [3.8, 4) is 11.5 Å². The van der Waals surface area contributed by atoms with Crippen LogP contribution in [0.15, 0.2) is 40.9 Å². The third kappa shape index (κ3) is 3.73. The van der Waals surface area contributed by atoms with Crippen molar-refractivity contribution >= 4 is 34.6 Å². The Morgan fingerprint density at radius 1 is 1.24 bits per heavy atom. The standard InChI is InChI=1S/C21H20ClN3O4/c1-12-21(13(2)29-24-12)23-16-8-19-17(9-18(16)27-3)25(20(26)11-28-19)10-14-4-6-15(22)7-5-14/h4-9,23H,10-11H2,1-3H3. The molecule has 4 rings (SSSR count). The number of fused-ring (bicyclic) bond motifs is 1. The van der Waals surface area contributed by atoms with Crippen LogP contribution < -0.4 is 19.7 Å². The molecule has 150 valence electrons. The van der Waals surface area contributed by atoms with Crippen molar-refractivity contribution in [2.45, 2.75) is 20.4 Å². The molecule has 0 bridgehead atoms. The number of rotatable bonds is 5. The highest BCUT2D eigenvalue weighted by atomic mass is 35.5. The number of aromatic nitrogens is 1. The molecule has 1 amide bonds. The van der Waals surface area contributed by atoms with Crippen LogP contribution in [0.2, 0.25) is 5.02 Å². The summed E-state index contributed by atoms with van der Waals surface area (Å²) in [5.74, 6) is 1.71. The molecule has 0 saturated carbocycles. The zero-order chi connectivity index (χ0) is 20.5. The molecular formula is C21H20ClN3O4. The fraction of sp³-hybridized carbons (Fsp3) is 0.238. The van der Waals surface area contributed by atoms with Gasteiger partial charge in [0, 0.05) is 17.2 Å². The fourth-order valence-electron chi connectivity index (χ4n) is 3.24. The van der Waals surface area contributed by atoms with Crippen molar-refractivity contribution in [3.05, 3.63) is 58.4 Å². The number of methoxy groups -OCH3 is 1. The second-order valence-corrected chi connectivity index (χ2v) is 7.18. The van der Waals surface area contributed by atoms with Crippen LogP contribution in [0.5, 0.6) is 11.5 Å². The van der Waals surface area contributed by atoms with E-state index in [2.05, 4.69) is 10.5 Å². The number of hydrogen-bond donors (Lipinski definition) is 1. The first-order chi connectivity index (χ1) is 14.0. The second-order valence-electron chi connectivity index (χ2n) is 6.74. The minimum Gasteiger partial charge on any atom is -0.494 e. The summed E-state index contributed by atoms with van der Waals surface area (Å²) >= 11 is 5.97. The van der Waals surface area contributed by atoms with Crippen molar-refractivity contribution in [2.24, 2.45) is 0 Å². The van der Waals surface area contributed by atoms with Gasteiger partial charge in [-0.05, 0) is 31.5 Å². The van der Waals surface area contributed by atoms with Crippen molar-refractivity contribution in [1.82, 2.24) is 5.16 Å². The average Bonchev–Trinajstić information content (AvgIpc) is 3.03. The molecule has 0 atom stereocenters. The van der Waals surface area contributed by atoms with Gasteiger partial charge in [-0.1, -0.05) is 28.9 Å². The molecule has 1 aromatic heterocycles. The van der Waals surface area contributed by atoms with Crippen LogP contribution in [0, 0.1) is 13.8 Å². The van der Waals surface area contributed by atoms with E-state index in [-0.39, 0.29) is 12.5 Å². The highest BCUT2D eigenvalue weighted by Crippen LogP contribution is 2.42. The quantitative estimate of drug-likeness (QED) is 0.657. The van der Waals surface area contributed by atoms with Gasteiger partial charge in [-0.25, -0.2) is 0 Å². The first-order valence-corrected chi connectivity index (χ1v) is 9.43. The fourth-order valence-corrected chi connectivity index (χ4v) is 3.36. The molecule has 7 nitrogen and oxygen atoms in total. The highest BCUT2D eigenvalue weighted by molar-refractivity contribution is 6.30. The Hall–Kier alpha value is -3.19. The van der Waals surface area contributed by atoms with Crippen LogP contribution in [0.3, 0.4) is 0 Å². The Labute approximate surface area is 173 Å². The zero-order valence-electron chi connectivity index (χ0n) is 16.3. The molecule has 1 N–H and O–H groups in total. The first-order valence-electron chi connectivity index (χ1n) is 9.06. The number of amides is 1. The van der Waals surface area contributed by atoms with Crippen LogP contribution >= 0.6 is 11.6 Å². The molecule has 0 fully saturated rings. The van der Waals surface area contributed by atoms with Crippen molar-refractivity contribution in [2.75, 3.05) is 23.9 Å². The van der Waals surface area contributed by atoms with Gasteiger partial charge in [-0.3, -0.25) is 4.79 Å². The first kappa shape index (κ1) is 19.1. The van der Waals surface area contributed by atoms with Crippen LogP contribution in [0.25, 0.3) is 0 Å². The SMILES string of the molecule is COc1cc2c(cc1Nc1c(C)noc1C)OCC(=O)N2Cc1ccc(Cl)cc1. The molecule has 0 spiro atoms. The lowest BCUT2D eigenvalue weighted by Gasteiger charge is -2.30. The van der Waals surface area contributed by atoms with Crippen LogP contribution in [-0.2, 0) is 11.3 Å². The normalized spacial score (nSPS) is 13.1. The number of carbonyl (C=O) groups excluding carboxylic acids is 1. The van der Waals surface area contributed by atoms with Gasteiger partial charge in [-0.2, -0.15) is 0 Å². The van der Waals surface area contributed by atoms with Crippen LogP contribution in [-0.4, -0.2) is 24.8 Å².